The van der Waals surface area contributed by atoms with Crippen molar-refractivity contribution in [1.29, 1.82) is 0 Å². The molecule has 2 N–H and O–H groups in total. The minimum Gasteiger partial charge on any atom is -0.353 e. The van der Waals surface area contributed by atoms with Gasteiger partial charge in [-0.3, -0.25) is 0 Å². The average Bonchev–Trinajstić information content (AvgIpc) is 3.03. The van der Waals surface area contributed by atoms with E-state index in [0.29, 0.717) is 23.4 Å². The first-order valence-corrected chi connectivity index (χ1v) is 8.09. The lowest BCUT2D eigenvalue weighted by Gasteiger charge is -2.08. The molecule has 2 aromatic carbocycles. The van der Waals surface area contributed by atoms with Gasteiger partial charge in [0.1, 0.15) is 0 Å². The predicted molar refractivity (Wildman–Crippen MR) is 96.9 cm³/mol. The van der Waals surface area contributed by atoms with Crippen LogP contribution in [-0.2, 0) is 6.54 Å². The summed E-state index contributed by atoms with van der Waals surface area (Å²) in [5, 5.41) is 10.6. The van der Waals surface area contributed by atoms with Gasteiger partial charge >= 0.3 is 0 Å². The summed E-state index contributed by atoms with van der Waals surface area (Å²) >= 11 is 8.66. The van der Waals surface area contributed by atoms with Gasteiger partial charge in [-0.2, -0.15) is 4.98 Å². The van der Waals surface area contributed by atoms with E-state index in [-0.39, 0.29) is 0 Å². The molecular formula is C16H13BrN4OS. The van der Waals surface area contributed by atoms with Crippen LogP contribution < -0.4 is 10.6 Å². The number of hydrogen-bond acceptors (Lipinski definition) is 4. The van der Waals surface area contributed by atoms with Gasteiger partial charge in [0.15, 0.2) is 5.11 Å². The Kier molecular flexibility index (Phi) is 4.99. The molecule has 0 amide bonds. The number of anilines is 1. The van der Waals surface area contributed by atoms with Gasteiger partial charge in [0, 0.05) is 15.7 Å². The minimum absolute atomic E-state index is 0.361. The first-order chi connectivity index (χ1) is 11.2. The molecule has 0 radical (unpaired) electrons. The second-order valence-corrected chi connectivity index (χ2v) is 6.02. The maximum Gasteiger partial charge on any atom is 0.246 e. The zero-order valence-corrected chi connectivity index (χ0v) is 14.4. The second-order valence-electron chi connectivity index (χ2n) is 4.70. The first-order valence-electron chi connectivity index (χ1n) is 6.89. The molecule has 0 saturated carbocycles. The molecule has 0 spiro atoms. The Labute approximate surface area is 147 Å². The van der Waals surface area contributed by atoms with Crippen molar-refractivity contribution in [3.63, 3.8) is 0 Å². The van der Waals surface area contributed by atoms with E-state index in [0.717, 1.165) is 15.7 Å². The summed E-state index contributed by atoms with van der Waals surface area (Å²) in [5.74, 6) is 1.02. The monoisotopic (exact) mass is 388 g/mol. The van der Waals surface area contributed by atoms with E-state index >= 15 is 0 Å². The van der Waals surface area contributed by atoms with Gasteiger partial charge in [-0.1, -0.05) is 51.4 Å². The van der Waals surface area contributed by atoms with E-state index in [1.807, 2.05) is 54.6 Å². The largest absolute Gasteiger partial charge is 0.353 e. The van der Waals surface area contributed by atoms with Crippen molar-refractivity contribution in [2.45, 2.75) is 6.54 Å². The van der Waals surface area contributed by atoms with Crippen molar-refractivity contribution >= 4 is 38.9 Å². The Balaban J connectivity index is 1.58. The smallest absolute Gasteiger partial charge is 0.246 e. The highest BCUT2D eigenvalue weighted by Crippen LogP contribution is 2.20. The molecule has 0 aliphatic carbocycles. The van der Waals surface area contributed by atoms with Gasteiger partial charge in [-0.05, 0) is 36.5 Å². The summed E-state index contributed by atoms with van der Waals surface area (Å²) in [4.78, 5) is 4.35. The lowest BCUT2D eigenvalue weighted by atomic mass is 10.2. The molecule has 0 atom stereocenters. The summed E-state index contributed by atoms with van der Waals surface area (Å²) in [7, 11) is 0. The van der Waals surface area contributed by atoms with Gasteiger partial charge in [0.05, 0.1) is 6.54 Å². The third kappa shape index (κ3) is 4.37. The second kappa shape index (κ2) is 7.34. The maximum atomic E-state index is 5.23. The van der Waals surface area contributed by atoms with Crippen molar-refractivity contribution < 1.29 is 4.52 Å². The molecule has 7 heteroatoms. The highest BCUT2D eigenvalue weighted by molar-refractivity contribution is 9.10. The van der Waals surface area contributed by atoms with E-state index in [2.05, 4.69) is 36.7 Å². The molecule has 3 aromatic rings. The van der Waals surface area contributed by atoms with E-state index in [1.165, 1.54) is 0 Å². The Hall–Kier alpha value is -2.25. The number of nitrogens with one attached hydrogen (secondary N) is 2. The highest BCUT2D eigenvalue weighted by atomic mass is 79.9. The van der Waals surface area contributed by atoms with E-state index < -0.39 is 0 Å². The Morgan fingerprint density at radius 2 is 1.96 bits per heavy atom. The van der Waals surface area contributed by atoms with Crippen LogP contribution in [0.2, 0.25) is 0 Å². The fourth-order valence-corrected chi connectivity index (χ4v) is 2.51. The topological polar surface area (TPSA) is 63.0 Å². The quantitative estimate of drug-likeness (QED) is 0.658. The summed E-state index contributed by atoms with van der Waals surface area (Å²) in [6, 6.07) is 17.4. The van der Waals surface area contributed by atoms with Crippen LogP contribution in [0, 0.1) is 0 Å². The molecule has 5 nitrogen and oxygen atoms in total. The van der Waals surface area contributed by atoms with Crippen molar-refractivity contribution in [1.82, 2.24) is 15.5 Å². The number of benzene rings is 2. The zero-order chi connectivity index (χ0) is 16.1. The van der Waals surface area contributed by atoms with Gasteiger partial charge in [-0.15, -0.1) is 0 Å². The molecule has 23 heavy (non-hydrogen) atoms. The van der Waals surface area contributed by atoms with Crippen molar-refractivity contribution in [3.8, 4) is 11.4 Å². The van der Waals surface area contributed by atoms with Crippen LogP contribution in [0.15, 0.2) is 63.6 Å². The summed E-state index contributed by atoms with van der Waals surface area (Å²) < 4.78 is 6.20. The fraction of sp³-hybridized carbons (Fsp3) is 0.0625. The number of thiocarbonyl (C=S) groups is 1. The first kappa shape index (κ1) is 15.6. The van der Waals surface area contributed by atoms with Crippen molar-refractivity contribution in [3.05, 3.63) is 65.0 Å². The normalized spacial score (nSPS) is 10.3. The lowest BCUT2D eigenvalue weighted by Crippen LogP contribution is -2.27. The number of hydrogen-bond donors (Lipinski definition) is 2. The molecule has 1 aromatic heterocycles. The summed E-state index contributed by atoms with van der Waals surface area (Å²) in [6.07, 6.45) is 0. The van der Waals surface area contributed by atoms with Gasteiger partial charge < -0.3 is 15.2 Å². The molecule has 0 saturated heterocycles. The zero-order valence-electron chi connectivity index (χ0n) is 12.0. The molecule has 0 bridgehead atoms. The number of aromatic nitrogens is 2. The fourth-order valence-electron chi connectivity index (χ4n) is 1.92. The maximum absolute atomic E-state index is 5.23. The standard InChI is InChI=1S/C16H13BrN4OS/c17-12-6-4-5-11(9-12)15-20-14(22-21-15)10-18-16(23)19-13-7-2-1-3-8-13/h1-9H,10H2,(H2,18,19,23). The molecule has 0 aliphatic heterocycles. The number of para-hydroxylation sites is 1. The van der Waals surface area contributed by atoms with Crippen molar-refractivity contribution in [2.75, 3.05) is 5.32 Å². The van der Waals surface area contributed by atoms with E-state index in [1.54, 1.807) is 0 Å². The molecule has 0 aliphatic rings. The van der Waals surface area contributed by atoms with Crippen LogP contribution in [0.1, 0.15) is 5.89 Å². The van der Waals surface area contributed by atoms with Crippen LogP contribution in [-0.4, -0.2) is 15.3 Å². The Bertz CT molecular complexity index is 807. The third-order valence-corrected chi connectivity index (χ3v) is 3.72. The Morgan fingerprint density at radius 3 is 2.74 bits per heavy atom. The van der Waals surface area contributed by atoms with Crippen LogP contribution in [0.4, 0.5) is 5.69 Å². The molecule has 1 heterocycles. The summed E-state index contributed by atoms with van der Waals surface area (Å²) in [5.41, 5.74) is 1.81. The van der Waals surface area contributed by atoms with Crippen LogP contribution in [0.5, 0.6) is 0 Å². The predicted octanol–water partition coefficient (Wildman–Crippen LogP) is 3.99. The molecule has 0 fully saturated rings. The Morgan fingerprint density at radius 1 is 1.13 bits per heavy atom. The lowest BCUT2D eigenvalue weighted by molar-refractivity contribution is 0.376. The molecular weight excluding hydrogens is 376 g/mol. The van der Waals surface area contributed by atoms with E-state index in [4.69, 9.17) is 16.7 Å². The summed E-state index contributed by atoms with van der Waals surface area (Å²) in [6.45, 7) is 0.361. The van der Waals surface area contributed by atoms with Crippen LogP contribution in [0.3, 0.4) is 0 Å². The number of rotatable bonds is 4. The van der Waals surface area contributed by atoms with Gasteiger partial charge in [-0.25, -0.2) is 0 Å². The molecule has 0 unspecified atom stereocenters. The van der Waals surface area contributed by atoms with Gasteiger partial charge in [0.2, 0.25) is 11.7 Å². The molecule has 116 valence electrons. The minimum atomic E-state index is 0.361. The van der Waals surface area contributed by atoms with Gasteiger partial charge in [0.25, 0.3) is 0 Å². The molecule has 3 rings (SSSR count). The average molecular weight is 389 g/mol. The van der Waals surface area contributed by atoms with E-state index in [9.17, 15) is 0 Å². The van der Waals surface area contributed by atoms with Crippen LogP contribution in [0.25, 0.3) is 11.4 Å². The SMILES string of the molecule is S=C(NCc1nc(-c2cccc(Br)c2)no1)Nc1ccccc1. The third-order valence-electron chi connectivity index (χ3n) is 2.98. The van der Waals surface area contributed by atoms with Crippen LogP contribution >= 0.6 is 28.1 Å². The number of nitrogens with zero attached hydrogens (tertiary/aromatic N) is 2. The highest BCUT2D eigenvalue weighted by Gasteiger charge is 2.09. The van der Waals surface area contributed by atoms with Crippen molar-refractivity contribution in [2.24, 2.45) is 0 Å². The number of halogens is 1.